The highest BCUT2D eigenvalue weighted by Crippen LogP contribution is 2.57. The van der Waals surface area contributed by atoms with Crippen LogP contribution in [0.4, 0.5) is 4.79 Å². The average Bonchev–Trinajstić information content (AvgIpc) is 2.23. The lowest BCUT2D eigenvalue weighted by molar-refractivity contribution is -0.186. The van der Waals surface area contributed by atoms with Crippen molar-refractivity contribution in [1.82, 2.24) is 5.32 Å². The van der Waals surface area contributed by atoms with Crippen LogP contribution in [0.25, 0.3) is 0 Å². The number of rotatable bonds is 3. The molecular formula is C13H24N2O3. The van der Waals surface area contributed by atoms with Crippen LogP contribution in [0.1, 0.15) is 33.6 Å². The van der Waals surface area contributed by atoms with Gasteiger partial charge in [0.1, 0.15) is 5.60 Å². The lowest BCUT2D eigenvalue weighted by Crippen LogP contribution is -2.63. The molecule has 3 N–H and O–H groups in total. The van der Waals surface area contributed by atoms with Crippen molar-refractivity contribution in [3.63, 3.8) is 0 Å². The van der Waals surface area contributed by atoms with Gasteiger partial charge in [0.15, 0.2) is 0 Å². The molecule has 0 atom stereocenters. The molecule has 2 saturated heterocycles. The van der Waals surface area contributed by atoms with E-state index in [0.717, 1.165) is 19.4 Å². The Hall–Kier alpha value is -0.810. The number of ether oxygens (including phenoxy) is 2. The minimum Gasteiger partial charge on any atom is -0.444 e. The van der Waals surface area contributed by atoms with Crippen LogP contribution in [-0.4, -0.2) is 38.0 Å². The van der Waals surface area contributed by atoms with E-state index in [1.165, 1.54) is 0 Å². The van der Waals surface area contributed by atoms with Crippen molar-refractivity contribution >= 4 is 6.09 Å². The third-order valence-corrected chi connectivity index (χ3v) is 3.76. The van der Waals surface area contributed by atoms with E-state index in [1.807, 2.05) is 20.8 Å². The van der Waals surface area contributed by atoms with Crippen LogP contribution in [0.15, 0.2) is 0 Å². The summed E-state index contributed by atoms with van der Waals surface area (Å²) in [6.45, 7) is 8.33. The molecule has 1 saturated carbocycles. The van der Waals surface area contributed by atoms with E-state index in [9.17, 15) is 4.79 Å². The molecule has 0 radical (unpaired) electrons. The second-order valence-electron chi connectivity index (χ2n) is 6.91. The minimum atomic E-state index is -0.453. The van der Waals surface area contributed by atoms with Gasteiger partial charge in [-0.2, -0.15) is 0 Å². The van der Waals surface area contributed by atoms with E-state index in [1.54, 1.807) is 0 Å². The molecule has 2 aliphatic heterocycles. The number of fused-ring (bicyclic) bond motifs is 2. The van der Waals surface area contributed by atoms with E-state index in [-0.39, 0.29) is 16.9 Å². The van der Waals surface area contributed by atoms with Gasteiger partial charge in [-0.1, -0.05) is 0 Å². The molecule has 1 amide bonds. The summed E-state index contributed by atoms with van der Waals surface area (Å²) in [6.07, 6.45) is 1.74. The predicted molar refractivity (Wildman–Crippen MR) is 68.2 cm³/mol. The van der Waals surface area contributed by atoms with Gasteiger partial charge in [-0.3, -0.25) is 0 Å². The SMILES string of the molecule is CC(C)(C)OC(=O)NCC12COCC(CN)(C1)C2. The van der Waals surface area contributed by atoms with Crippen LogP contribution in [-0.2, 0) is 9.47 Å². The summed E-state index contributed by atoms with van der Waals surface area (Å²) in [5.41, 5.74) is 5.57. The van der Waals surface area contributed by atoms with Gasteiger partial charge in [0.05, 0.1) is 13.2 Å². The molecular weight excluding hydrogens is 232 g/mol. The Morgan fingerprint density at radius 1 is 1.33 bits per heavy atom. The van der Waals surface area contributed by atoms with Crippen LogP contribution in [0.2, 0.25) is 0 Å². The fourth-order valence-corrected chi connectivity index (χ4v) is 3.18. The summed E-state index contributed by atoms with van der Waals surface area (Å²) in [5.74, 6) is 0. The van der Waals surface area contributed by atoms with Crippen LogP contribution in [0, 0.1) is 10.8 Å². The molecule has 1 aliphatic carbocycles. The number of hydrogen-bond acceptors (Lipinski definition) is 4. The Morgan fingerprint density at radius 2 is 1.94 bits per heavy atom. The number of alkyl carbamates (subject to hydrolysis) is 1. The van der Waals surface area contributed by atoms with Crippen LogP contribution >= 0.6 is 0 Å². The van der Waals surface area contributed by atoms with Crippen molar-refractivity contribution in [1.29, 1.82) is 0 Å². The molecule has 0 aromatic rings. The van der Waals surface area contributed by atoms with Gasteiger partial charge in [0.25, 0.3) is 0 Å². The fraction of sp³-hybridized carbons (Fsp3) is 0.923. The first kappa shape index (κ1) is 13.6. The number of nitrogens with two attached hydrogens (primary N) is 1. The monoisotopic (exact) mass is 256 g/mol. The number of nitrogens with one attached hydrogen (secondary N) is 1. The normalized spacial score (nSPS) is 34.7. The van der Waals surface area contributed by atoms with Crippen molar-refractivity contribution in [2.24, 2.45) is 16.6 Å². The van der Waals surface area contributed by atoms with Gasteiger partial charge in [0.2, 0.25) is 0 Å². The quantitative estimate of drug-likeness (QED) is 0.797. The summed E-state index contributed by atoms with van der Waals surface area (Å²) in [6, 6.07) is 0. The first-order valence-electron chi connectivity index (χ1n) is 6.53. The number of amides is 1. The van der Waals surface area contributed by atoms with E-state index in [4.69, 9.17) is 15.2 Å². The maximum atomic E-state index is 11.6. The minimum absolute atomic E-state index is 0.0779. The zero-order valence-electron chi connectivity index (χ0n) is 11.5. The molecule has 5 nitrogen and oxygen atoms in total. The summed E-state index contributed by atoms with van der Waals surface area (Å²) in [5, 5.41) is 2.85. The maximum Gasteiger partial charge on any atom is 0.407 e. The van der Waals surface area contributed by atoms with Crippen molar-refractivity contribution < 1.29 is 14.3 Å². The number of hydrogen-bond donors (Lipinski definition) is 2. The average molecular weight is 256 g/mol. The number of carbonyl (C=O) groups is 1. The third-order valence-electron chi connectivity index (χ3n) is 3.76. The number of carbonyl (C=O) groups excluding carboxylic acids is 1. The molecule has 0 aromatic carbocycles. The molecule has 2 bridgehead atoms. The second-order valence-corrected chi connectivity index (χ2v) is 6.91. The fourth-order valence-electron chi connectivity index (χ4n) is 3.18. The maximum absolute atomic E-state index is 11.6. The highest BCUT2D eigenvalue weighted by Gasteiger charge is 2.57. The van der Waals surface area contributed by atoms with Crippen LogP contribution in [0.5, 0.6) is 0 Å². The molecule has 0 unspecified atom stereocenters. The van der Waals surface area contributed by atoms with Gasteiger partial charge >= 0.3 is 6.09 Å². The Labute approximate surface area is 108 Å². The Balaban J connectivity index is 1.80. The van der Waals surface area contributed by atoms with Crippen molar-refractivity contribution in [3.8, 4) is 0 Å². The first-order valence-corrected chi connectivity index (χ1v) is 6.53. The Kier molecular flexibility index (Phi) is 3.32. The third kappa shape index (κ3) is 2.78. The van der Waals surface area contributed by atoms with E-state index in [0.29, 0.717) is 19.7 Å². The molecule has 18 heavy (non-hydrogen) atoms. The van der Waals surface area contributed by atoms with Gasteiger partial charge in [0, 0.05) is 23.9 Å². The topological polar surface area (TPSA) is 73.6 Å². The van der Waals surface area contributed by atoms with Crippen LogP contribution < -0.4 is 11.1 Å². The molecule has 5 heteroatoms. The largest absolute Gasteiger partial charge is 0.444 e. The van der Waals surface area contributed by atoms with Gasteiger partial charge < -0.3 is 20.5 Å². The molecule has 104 valence electrons. The molecule has 3 fully saturated rings. The Morgan fingerprint density at radius 3 is 2.50 bits per heavy atom. The highest BCUT2D eigenvalue weighted by molar-refractivity contribution is 5.67. The van der Waals surface area contributed by atoms with Crippen molar-refractivity contribution in [2.75, 3.05) is 26.3 Å². The summed E-state index contributed by atoms with van der Waals surface area (Å²) < 4.78 is 10.8. The lowest BCUT2D eigenvalue weighted by Gasteiger charge is -2.59. The summed E-state index contributed by atoms with van der Waals surface area (Å²) in [4.78, 5) is 11.6. The van der Waals surface area contributed by atoms with Gasteiger partial charge in [-0.25, -0.2) is 4.79 Å². The molecule has 0 spiro atoms. The summed E-state index contributed by atoms with van der Waals surface area (Å²) in [7, 11) is 0. The van der Waals surface area contributed by atoms with Crippen molar-refractivity contribution in [3.05, 3.63) is 0 Å². The van der Waals surface area contributed by atoms with Gasteiger partial charge in [-0.05, 0) is 33.6 Å². The molecule has 3 rings (SSSR count). The molecule has 3 aliphatic rings. The zero-order valence-corrected chi connectivity index (χ0v) is 11.5. The second kappa shape index (κ2) is 4.38. The smallest absolute Gasteiger partial charge is 0.407 e. The van der Waals surface area contributed by atoms with E-state index < -0.39 is 5.60 Å². The van der Waals surface area contributed by atoms with E-state index >= 15 is 0 Å². The highest BCUT2D eigenvalue weighted by atomic mass is 16.6. The van der Waals surface area contributed by atoms with Gasteiger partial charge in [-0.15, -0.1) is 0 Å². The van der Waals surface area contributed by atoms with Crippen molar-refractivity contribution in [2.45, 2.75) is 39.2 Å². The Bertz CT molecular complexity index is 330. The standard InChI is InChI=1S/C13H24N2O3/c1-11(2,3)18-10(16)15-7-13-4-12(5-13,6-14)8-17-9-13/h4-9,14H2,1-3H3,(H,15,16). The molecule has 2 heterocycles. The van der Waals surface area contributed by atoms with E-state index in [2.05, 4.69) is 5.32 Å². The summed E-state index contributed by atoms with van der Waals surface area (Å²) >= 11 is 0. The van der Waals surface area contributed by atoms with Crippen LogP contribution in [0.3, 0.4) is 0 Å². The lowest BCUT2D eigenvalue weighted by atomic mass is 9.51. The molecule has 0 aromatic heterocycles. The predicted octanol–water partition coefficient (Wildman–Crippen LogP) is 1.27. The zero-order chi connectivity index (χ0) is 13.4. The first-order chi connectivity index (χ1) is 8.28.